The minimum absolute atomic E-state index is 0.0394. The molecular formula is C12H8F3N9O2. The Hall–Kier alpha value is -3.76. The highest BCUT2D eigenvalue weighted by molar-refractivity contribution is 5.95. The van der Waals surface area contributed by atoms with Crippen LogP contribution in [0.1, 0.15) is 27.6 Å². The molecule has 0 saturated heterocycles. The number of nitrogens with one attached hydrogen (secondary N) is 1. The summed E-state index contributed by atoms with van der Waals surface area (Å²) in [6.45, 7) is -0.513. The Kier molecular flexibility index (Phi) is 5.63. The van der Waals surface area contributed by atoms with Crippen molar-refractivity contribution in [1.29, 1.82) is 0 Å². The fraction of sp³-hybridized carbons (Fsp3) is 0.250. The zero-order valence-electron chi connectivity index (χ0n) is 12.7. The van der Waals surface area contributed by atoms with E-state index < -0.39 is 24.5 Å². The molecule has 0 radical (unpaired) electrons. The Bertz CT molecular complexity index is 911. The van der Waals surface area contributed by atoms with Crippen molar-refractivity contribution in [2.24, 2.45) is 10.2 Å². The molecule has 2 rings (SSSR count). The summed E-state index contributed by atoms with van der Waals surface area (Å²) in [6.07, 6.45) is -4.78. The van der Waals surface area contributed by atoms with Crippen LogP contribution in [-0.4, -0.2) is 16.0 Å². The van der Waals surface area contributed by atoms with Crippen molar-refractivity contribution in [1.82, 2.24) is 15.5 Å². The number of carbonyl (C=O) groups is 1. The van der Waals surface area contributed by atoms with Crippen molar-refractivity contribution in [3.63, 3.8) is 0 Å². The van der Waals surface area contributed by atoms with Gasteiger partial charge in [0.1, 0.15) is 0 Å². The van der Waals surface area contributed by atoms with Gasteiger partial charge < -0.3 is 9.84 Å². The van der Waals surface area contributed by atoms with E-state index in [4.69, 9.17) is 11.1 Å². The lowest BCUT2D eigenvalue weighted by Gasteiger charge is -2.06. The first-order chi connectivity index (χ1) is 12.3. The predicted molar refractivity (Wildman–Crippen MR) is 78.6 cm³/mol. The summed E-state index contributed by atoms with van der Waals surface area (Å²) >= 11 is 0. The number of hydrogen-bond acceptors (Lipinski definition) is 6. The summed E-state index contributed by atoms with van der Waals surface area (Å²) in [7, 11) is 0. The summed E-state index contributed by atoms with van der Waals surface area (Å²) in [5, 5.41) is 12.1. The predicted octanol–water partition coefficient (Wildman–Crippen LogP) is 3.77. The second kappa shape index (κ2) is 7.88. The quantitative estimate of drug-likeness (QED) is 0.466. The van der Waals surface area contributed by atoms with E-state index in [0.717, 1.165) is 0 Å². The highest BCUT2D eigenvalue weighted by Gasteiger charge is 2.38. The highest BCUT2D eigenvalue weighted by atomic mass is 19.4. The molecule has 26 heavy (non-hydrogen) atoms. The summed E-state index contributed by atoms with van der Waals surface area (Å²) in [5.74, 6) is -2.59. The fourth-order valence-electron chi connectivity index (χ4n) is 1.82. The Morgan fingerprint density at radius 3 is 2.65 bits per heavy atom. The maximum absolute atomic E-state index is 12.4. The molecule has 0 bridgehead atoms. The van der Waals surface area contributed by atoms with Crippen LogP contribution >= 0.6 is 0 Å². The van der Waals surface area contributed by atoms with Gasteiger partial charge in [0.25, 0.3) is 5.91 Å². The van der Waals surface area contributed by atoms with Crippen molar-refractivity contribution < 1.29 is 22.5 Å². The van der Waals surface area contributed by atoms with Crippen molar-refractivity contribution in [2.45, 2.75) is 19.3 Å². The van der Waals surface area contributed by atoms with Crippen LogP contribution in [0.4, 0.5) is 18.9 Å². The first-order valence-electron chi connectivity index (χ1n) is 6.71. The van der Waals surface area contributed by atoms with Crippen LogP contribution in [-0.2, 0) is 19.3 Å². The van der Waals surface area contributed by atoms with Gasteiger partial charge >= 0.3 is 12.1 Å². The lowest BCUT2D eigenvalue weighted by Crippen LogP contribution is -2.23. The first-order valence-corrected chi connectivity index (χ1v) is 6.71. The van der Waals surface area contributed by atoms with Gasteiger partial charge in [0.15, 0.2) is 5.82 Å². The molecule has 1 heterocycles. The molecule has 1 amide bonds. The van der Waals surface area contributed by atoms with E-state index in [2.05, 4.69) is 40.0 Å². The summed E-state index contributed by atoms with van der Waals surface area (Å²) in [5.41, 5.74) is 17.4. The molecule has 0 spiro atoms. The normalized spacial score (nSPS) is 10.6. The molecule has 1 N–H and O–H groups in total. The van der Waals surface area contributed by atoms with Crippen LogP contribution in [0, 0.1) is 0 Å². The largest absolute Gasteiger partial charge is 0.471 e. The number of halogens is 3. The van der Waals surface area contributed by atoms with Gasteiger partial charge in [-0.15, -0.1) is 0 Å². The third kappa shape index (κ3) is 4.87. The maximum Gasteiger partial charge on any atom is 0.471 e. The number of rotatable bonds is 6. The Morgan fingerprint density at radius 2 is 2.04 bits per heavy atom. The molecule has 11 nitrogen and oxygen atoms in total. The van der Waals surface area contributed by atoms with Crippen molar-refractivity contribution >= 4 is 11.6 Å². The van der Waals surface area contributed by atoms with Crippen molar-refractivity contribution in [3.05, 3.63) is 61.9 Å². The molecule has 0 aliphatic heterocycles. The third-order valence-electron chi connectivity index (χ3n) is 2.83. The number of amides is 1. The van der Waals surface area contributed by atoms with Crippen LogP contribution in [0.25, 0.3) is 20.9 Å². The van der Waals surface area contributed by atoms with E-state index in [0.29, 0.717) is 5.56 Å². The molecule has 0 aliphatic carbocycles. The zero-order valence-corrected chi connectivity index (χ0v) is 12.7. The summed E-state index contributed by atoms with van der Waals surface area (Å²) in [4.78, 5) is 20.4. The molecule has 0 unspecified atom stereocenters. The second-order valence-corrected chi connectivity index (χ2v) is 4.66. The number of azide groups is 2. The Balaban J connectivity index is 2.15. The van der Waals surface area contributed by atoms with Gasteiger partial charge in [-0.3, -0.25) is 4.79 Å². The highest BCUT2D eigenvalue weighted by Crippen LogP contribution is 2.27. The average molecular weight is 367 g/mol. The van der Waals surface area contributed by atoms with E-state index in [1.165, 1.54) is 18.2 Å². The van der Waals surface area contributed by atoms with E-state index in [-0.39, 0.29) is 23.6 Å². The van der Waals surface area contributed by atoms with E-state index in [1.54, 1.807) is 0 Å². The molecular weight excluding hydrogens is 359 g/mol. The molecule has 2 aromatic rings. The number of nitrogens with zero attached hydrogens (tertiary/aromatic N) is 8. The van der Waals surface area contributed by atoms with Gasteiger partial charge in [0.05, 0.1) is 13.1 Å². The number of benzene rings is 1. The molecule has 14 heteroatoms. The van der Waals surface area contributed by atoms with Gasteiger partial charge in [-0.25, -0.2) is 0 Å². The van der Waals surface area contributed by atoms with Crippen LogP contribution < -0.4 is 5.32 Å². The Labute approximate surface area is 142 Å². The molecule has 0 atom stereocenters. The standard InChI is InChI=1S/C12H8F3N9O2/c13-12(14,15)11-20-9(22-26-11)5-18-10(25)7-1-6(4-19-23-16)2-8(3-7)21-24-17/h1-3H,4-5H2,(H,18,25). The van der Waals surface area contributed by atoms with Crippen LogP contribution in [0.15, 0.2) is 33.0 Å². The van der Waals surface area contributed by atoms with Gasteiger partial charge in [-0.1, -0.05) is 15.4 Å². The molecule has 134 valence electrons. The minimum Gasteiger partial charge on any atom is -0.345 e. The first kappa shape index (κ1) is 18.6. The average Bonchev–Trinajstić information content (AvgIpc) is 3.07. The topological polar surface area (TPSA) is 166 Å². The van der Waals surface area contributed by atoms with E-state index in [1.807, 2.05) is 0 Å². The lowest BCUT2D eigenvalue weighted by atomic mass is 10.1. The lowest BCUT2D eigenvalue weighted by molar-refractivity contribution is -0.159. The molecule has 1 aromatic carbocycles. The van der Waals surface area contributed by atoms with Gasteiger partial charge in [-0.05, 0) is 34.8 Å². The summed E-state index contributed by atoms with van der Waals surface area (Å²) in [6, 6.07) is 4.05. The summed E-state index contributed by atoms with van der Waals surface area (Å²) < 4.78 is 41.2. The minimum atomic E-state index is -4.78. The van der Waals surface area contributed by atoms with E-state index >= 15 is 0 Å². The third-order valence-corrected chi connectivity index (χ3v) is 2.83. The number of aromatic nitrogens is 2. The van der Waals surface area contributed by atoms with Crippen LogP contribution in [0.3, 0.4) is 0 Å². The SMILES string of the molecule is [N-]=[N+]=NCc1cc(N=[N+]=[N-])cc(C(=O)NCc2noc(C(F)(F)F)n2)c1. The van der Waals surface area contributed by atoms with Crippen LogP contribution in [0.5, 0.6) is 0 Å². The van der Waals surface area contributed by atoms with Gasteiger partial charge in [0.2, 0.25) is 0 Å². The van der Waals surface area contributed by atoms with Gasteiger partial charge in [0, 0.05) is 21.1 Å². The van der Waals surface area contributed by atoms with Gasteiger partial charge in [-0.2, -0.15) is 18.2 Å². The second-order valence-electron chi connectivity index (χ2n) is 4.66. The number of carbonyl (C=O) groups excluding carboxylic acids is 1. The van der Waals surface area contributed by atoms with Crippen molar-refractivity contribution in [3.8, 4) is 0 Å². The number of alkyl halides is 3. The van der Waals surface area contributed by atoms with E-state index in [9.17, 15) is 18.0 Å². The molecule has 1 aromatic heterocycles. The maximum atomic E-state index is 12.4. The molecule has 0 saturated carbocycles. The molecule has 0 fully saturated rings. The molecule has 0 aliphatic rings. The number of hydrogen-bond donors (Lipinski definition) is 1. The van der Waals surface area contributed by atoms with Crippen molar-refractivity contribution in [2.75, 3.05) is 0 Å². The fourth-order valence-corrected chi connectivity index (χ4v) is 1.82. The smallest absolute Gasteiger partial charge is 0.345 e. The van der Waals surface area contributed by atoms with Crippen LogP contribution in [0.2, 0.25) is 0 Å². The monoisotopic (exact) mass is 367 g/mol. The Morgan fingerprint density at radius 1 is 1.27 bits per heavy atom. The zero-order chi connectivity index (χ0) is 19.2.